The van der Waals surface area contributed by atoms with Crippen molar-refractivity contribution in [1.29, 1.82) is 0 Å². The number of nitrogens with zero attached hydrogens (tertiary/aromatic N) is 3. The highest BCUT2D eigenvalue weighted by molar-refractivity contribution is 5.95. The van der Waals surface area contributed by atoms with E-state index < -0.39 is 17.5 Å². The van der Waals surface area contributed by atoms with Crippen molar-refractivity contribution in [3.05, 3.63) is 53.9 Å². The van der Waals surface area contributed by atoms with Gasteiger partial charge in [-0.1, -0.05) is 6.07 Å². The van der Waals surface area contributed by atoms with Crippen molar-refractivity contribution >= 4 is 5.91 Å². The summed E-state index contributed by atoms with van der Waals surface area (Å²) in [4.78, 5) is 22.3. The molecule has 0 spiro atoms. The van der Waals surface area contributed by atoms with Crippen molar-refractivity contribution in [2.24, 2.45) is 0 Å². The topological polar surface area (TPSA) is 75.6 Å². The molecule has 7 heteroatoms. The van der Waals surface area contributed by atoms with E-state index in [0.29, 0.717) is 30.0 Å². The summed E-state index contributed by atoms with van der Waals surface area (Å²) in [5, 5.41) is 10.6. The molecule has 0 radical (unpaired) electrons. The third-order valence-corrected chi connectivity index (χ3v) is 4.47. The van der Waals surface area contributed by atoms with Crippen LogP contribution in [0.25, 0.3) is 0 Å². The number of rotatable bonds is 3. The molecule has 1 aliphatic heterocycles. The molecule has 1 saturated heterocycles. The van der Waals surface area contributed by atoms with Gasteiger partial charge in [0.1, 0.15) is 29.6 Å². The summed E-state index contributed by atoms with van der Waals surface area (Å²) >= 11 is 0. The molecule has 3 rings (SSSR count). The molecule has 1 N–H and O–H groups in total. The second-order valence-electron chi connectivity index (χ2n) is 6.44. The molecule has 2 atom stereocenters. The standard InChI is InChI=1S/C18H20FN3O3/c1-12-15(9-20-11-21-12)17(23)22-7-6-18(2,24)16(10-22)25-14-5-3-4-13(19)8-14/h3-5,8-9,11,16,24H,6-7,10H2,1-2H3/t16-,18-/m1/s1. The van der Waals surface area contributed by atoms with Gasteiger partial charge in [0.25, 0.3) is 5.91 Å². The second-order valence-corrected chi connectivity index (χ2v) is 6.44. The highest BCUT2D eigenvalue weighted by atomic mass is 19.1. The molecule has 6 nitrogen and oxygen atoms in total. The molecule has 1 fully saturated rings. The Morgan fingerprint density at radius 2 is 2.28 bits per heavy atom. The van der Waals surface area contributed by atoms with Crippen LogP contribution < -0.4 is 4.74 Å². The van der Waals surface area contributed by atoms with E-state index in [1.807, 2.05) is 0 Å². The zero-order chi connectivity index (χ0) is 18.0. The van der Waals surface area contributed by atoms with Crippen molar-refractivity contribution < 1.29 is 19.0 Å². The number of piperidine rings is 1. The molecule has 2 aromatic rings. The SMILES string of the molecule is Cc1ncncc1C(=O)N1CC[C@@](C)(O)[C@H](Oc2cccc(F)c2)C1. The number of halogens is 1. The van der Waals surface area contributed by atoms with E-state index in [9.17, 15) is 14.3 Å². The third kappa shape index (κ3) is 3.76. The van der Waals surface area contributed by atoms with Gasteiger partial charge in [-0.25, -0.2) is 14.4 Å². The molecule has 0 bridgehead atoms. The van der Waals surface area contributed by atoms with Crippen molar-refractivity contribution in [3.63, 3.8) is 0 Å². The number of benzene rings is 1. The zero-order valence-electron chi connectivity index (χ0n) is 14.1. The Balaban J connectivity index is 1.79. The summed E-state index contributed by atoms with van der Waals surface area (Å²) in [5.41, 5.74) is -0.0980. The molecule has 0 saturated carbocycles. The van der Waals surface area contributed by atoms with Gasteiger partial charge in [-0.15, -0.1) is 0 Å². The van der Waals surface area contributed by atoms with Crippen molar-refractivity contribution in [1.82, 2.24) is 14.9 Å². The monoisotopic (exact) mass is 345 g/mol. The van der Waals surface area contributed by atoms with Gasteiger partial charge in [0.05, 0.1) is 17.8 Å². The molecule has 1 aliphatic rings. The number of aliphatic hydroxyl groups is 1. The van der Waals surface area contributed by atoms with Crippen LogP contribution in [0, 0.1) is 12.7 Å². The summed E-state index contributed by atoms with van der Waals surface area (Å²) in [6.45, 7) is 3.99. The van der Waals surface area contributed by atoms with Gasteiger partial charge in [0.2, 0.25) is 0 Å². The van der Waals surface area contributed by atoms with Gasteiger partial charge in [-0.3, -0.25) is 4.79 Å². The van der Waals surface area contributed by atoms with Crippen LogP contribution in [0.15, 0.2) is 36.8 Å². The third-order valence-electron chi connectivity index (χ3n) is 4.47. The number of hydrogen-bond acceptors (Lipinski definition) is 5. The maximum absolute atomic E-state index is 13.4. The fraction of sp³-hybridized carbons (Fsp3) is 0.389. The highest BCUT2D eigenvalue weighted by Crippen LogP contribution is 2.28. The summed E-state index contributed by atoms with van der Waals surface area (Å²) in [7, 11) is 0. The molecule has 0 unspecified atom stereocenters. The van der Waals surface area contributed by atoms with Crippen molar-refractivity contribution in [3.8, 4) is 5.75 Å². The Labute approximate surface area is 145 Å². The van der Waals surface area contributed by atoms with Crippen LogP contribution in [-0.4, -0.2) is 50.7 Å². The van der Waals surface area contributed by atoms with Crippen LogP contribution in [0.5, 0.6) is 5.75 Å². The quantitative estimate of drug-likeness (QED) is 0.920. The maximum Gasteiger partial charge on any atom is 0.257 e. The molecule has 25 heavy (non-hydrogen) atoms. The Kier molecular flexibility index (Phi) is 4.67. The minimum Gasteiger partial charge on any atom is -0.485 e. The maximum atomic E-state index is 13.4. The average Bonchev–Trinajstić information content (AvgIpc) is 2.57. The predicted molar refractivity (Wildman–Crippen MR) is 88.7 cm³/mol. The van der Waals surface area contributed by atoms with E-state index in [0.717, 1.165) is 0 Å². The Morgan fingerprint density at radius 3 is 3.00 bits per heavy atom. The fourth-order valence-corrected chi connectivity index (χ4v) is 2.83. The first-order valence-corrected chi connectivity index (χ1v) is 8.07. The van der Waals surface area contributed by atoms with E-state index in [-0.39, 0.29) is 12.5 Å². The summed E-state index contributed by atoms with van der Waals surface area (Å²) in [6, 6.07) is 5.73. The molecule has 132 valence electrons. The van der Waals surface area contributed by atoms with Gasteiger partial charge in [-0.2, -0.15) is 0 Å². The number of likely N-dealkylation sites (tertiary alicyclic amines) is 1. The van der Waals surface area contributed by atoms with E-state index in [2.05, 4.69) is 9.97 Å². The van der Waals surface area contributed by atoms with Crippen LogP contribution in [-0.2, 0) is 0 Å². The minimum atomic E-state index is -1.12. The lowest BCUT2D eigenvalue weighted by Crippen LogP contribution is -2.57. The van der Waals surface area contributed by atoms with Gasteiger partial charge in [0.15, 0.2) is 0 Å². The van der Waals surface area contributed by atoms with Crippen LogP contribution in [0.3, 0.4) is 0 Å². The fourth-order valence-electron chi connectivity index (χ4n) is 2.83. The van der Waals surface area contributed by atoms with Crippen LogP contribution >= 0.6 is 0 Å². The highest BCUT2D eigenvalue weighted by Gasteiger charge is 2.41. The lowest BCUT2D eigenvalue weighted by Gasteiger charge is -2.42. The number of hydrogen-bond donors (Lipinski definition) is 1. The normalized spacial score (nSPS) is 23.4. The van der Waals surface area contributed by atoms with E-state index in [1.165, 1.54) is 30.7 Å². The molecule has 2 heterocycles. The van der Waals surface area contributed by atoms with Crippen molar-refractivity contribution in [2.45, 2.75) is 32.0 Å². The average molecular weight is 345 g/mol. The molecule has 1 aromatic carbocycles. The zero-order valence-corrected chi connectivity index (χ0v) is 14.1. The molecule has 0 aliphatic carbocycles. The van der Waals surface area contributed by atoms with E-state index in [4.69, 9.17) is 4.74 Å². The number of aryl methyl sites for hydroxylation is 1. The Hall–Kier alpha value is -2.54. The van der Waals surface area contributed by atoms with Crippen LogP contribution in [0.2, 0.25) is 0 Å². The van der Waals surface area contributed by atoms with Gasteiger partial charge < -0.3 is 14.7 Å². The molecule has 1 aromatic heterocycles. The van der Waals surface area contributed by atoms with E-state index in [1.54, 1.807) is 24.8 Å². The lowest BCUT2D eigenvalue weighted by atomic mass is 9.90. The second kappa shape index (κ2) is 6.76. The smallest absolute Gasteiger partial charge is 0.257 e. The van der Waals surface area contributed by atoms with Gasteiger partial charge in [-0.05, 0) is 32.4 Å². The summed E-state index contributed by atoms with van der Waals surface area (Å²) in [5.74, 6) is -0.307. The van der Waals surface area contributed by atoms with Crippen LogP contribution in [0.1, 0.15) is 29.4 Å². The minimum absolute atomic E-state index is 0.191. The number of carbonyl (C=O) groups excluding carboxylic acids is 1. The number of aromatic nitrogens is 2. The Bertz CT molecular complexity index is 782. The van der Waals surface area contributed by atoms with Gasteiger partial charge in [0, 0.05) is 18.8 Å². The molecule has 1 amide bonds. The summed E-state index contributed by atoms with van der Waals surface area (Å²) < 4.78 is 19.1. The first kappa shape index (κ1) is 17.3. The number of carbonyl (C=O) groups is 1. The Morgan fingerprint density at radius 1 is 1.48 bits per heavy atom. The largest absolute Gasteiger partial charge is 0.485 e. The van der Waals surface area contributed by atoms with Crippen LogP contribution in [0.4, 0.5) is 4.39 Å². The van der Waals surface area contributed by atoms with Gasteiger partial charge >= 0.3 is 0 Å². The molecular weight excluding hydrogens is 325 g/mol. The number of ether oxygens (including phenoxy) is 1. The lowest BCUT2D eigenvalue weighted by molar-refractivity contribution is -0.0882. The summed E-state index contributed by atoms with van der Waals surface area (Å²) in [6.07, 6.45) is 2.56. The first-order chi connectivity index (χ1) is 11.9. The predicted octanol–water partition coefficient (Wildman–Crippen LogP) is 1.97. The first-order valence-electron chi connectivity index (χ1n) is 8.07. The molecular formula is C18H20FN3O3. The van der Waals surface area contributed by atoms with E-state index >= 15 is 0 Å². The number of amides is 1. The van der Waals surface area contributed by atoms with Crippen molar-refractivity contribution in [2.75, 3.05) is 13.1 Å².